The fraction of sp³-hybridized carbons (Fsp3) is 0.0526. The van der Waals surface area contributed by atoms with Crippen molar-refractivity contribution in [2.24, 2.45) is 5.73 Å². The van der Waals surface area contributed by atoms with Gasteiger partial charge in [0.1, 0.15) is 11.5 Å². The molecule has 0 saturated carbocycles. The smallest absolute Gasteiger partial charge is 0.115 e. The number of aromatic hydroxyl groups is 2. The van der Waals surface area contributed by atoms with Crippen molar-refractivity contribution in [3.05, 3.63) is 94.5 Å². The van der Waals surface area contributed by atoms with Crippen LogP contribution >= 0.6 is 23.2 Å². The van der Waals surface area contributed by atoms with Crippen molar-refractivity contribution in [3.8, 4) is 11.5 Å². The molecule has 0 radical (unpaired) electrons. The third kappa shape index (κ3) is 9.06. The Balaban J connectivity index is 0.000000180. The monoisotopic (exact) mass is 363 g/mol. The molecular formula is C19H19Cl2NO2. The van der Waals surface area contributed by atoms with Gasteiger partial charge in [-0.05, 0) is 54.1 Å². The van der Waals surface area contributed by atoms with Crippen LogP contribution in [0.4, 0.5) is 0 Å². The highest BCUT2D eigenvalue weighted by Gasteiger charge is 1.84. The molecule has 0 aliphatic carbocycles. The average Bonchev–Trinajstić information content (AvgIpc) is 2.62. The summed E-state index contributed by atoms with van der Waals surface area (Å²) in [4.78, 5) is 0. The maximum absolute atomic E-state index is 8.70. The van der Waals surface area contributed by atoms with E-state index in [4.69, 9.17) is 39.1 Å². The number of phenolic OH excluding ortho intramolecular Hbond substituents is 2. The van der Waals surface area contributed by atoms with Crippen LogP contribution in [0.1, 0.15) is 5.56 Å². The first-order valence-corrected chi connectivity index (χ1v) is 7.90. The lowest BCUT2D eigenvalue weighted by molar-refractivity contribution is 0.475. The Bertz CT molecular complexity index is 601. The third-order valence-corrected chi connectivity index (χ3v) is 3.24. The first kappa shape index (κ1) is 19.8. The molecule has 3 rings (SSSR count). The number of nitrogens with two attached hydrogens (primary N) is 1. The summed E-state index contributed by atoms with van der Waals surface area (Å²) in [6.45, 7) is 0.640. The Hall–Kier alpha value is -2.20. The minimum absolute atomic E-state index is 0.245. The van der Waals surface area contributed by atoms with Gasteiger partial charge < -0.3 is 15.9 Å². The zero-order chi connectivity index (χ0) is 17.8. The molecule has 5 heteroatoms. The van der Waals surface area contributed by atoms with Gasteiger partial charge in [-0.3, -0.25) is 0 Å². The van der Waals surface area contributed by atoms with E-state index in [0.29, 0.717) is 16.6 Å². The quantitative estimate of drug-likeness (QED) is 0.553. The fourth-order valence-electron chi connectivity index (χ4n) is 1.50. The van der Waals surface area contributed by atoms with Crippen LogP contribution < -0.4 is 5.73 Å². The van der Waals surface area contributed by atoms with Crippen LogP contribution in [0.15, 0.2) is 78.9 Å². The van der Waals surface area contributed by atoms with Crippen LogP contribution in [0.5, 0.6) is 11.5 Å². The second-order valence-electron chi connectivity index (χ2n) is 4.64. The molecule has 0 fully saturated rings. The van der Waals surface area contributed by atoms with Gasteiger partial charge in [0.15, 0.2) is 0 Å². The minimum Gasteiger partial charge on any atom is -0.508 e. The Kier molecular flexibility index (Phi) is 9.39. The summed E-state index contributed by atoms with van der Waals surface area (Å²) in [6, 6.07) is 22.7. The predicted molar refractivity (Wildman–Crippen MR) is 101 cm³/mol. The van der Waals surface area contributed by atoms with Crippen LogP contribution in [0.3, 0.4) is 0 Å². The van der Waals surface area contributed by atoms with Gasteiger partial charge in [-0.2, -0.15) is 0 Å². The van der Waals surface area contributed by atoms with Crippen molar-refractivity contribution in [2.45, 2.75) is 6.54 Å². The maximum Gasteiger partial charge on any atom is 0.115 e. The first-order chi connectivity index (χ1) is 11.5. The Morgan fingerprint density at radius 2 is 1.00 bits per heavy atom. The van der Waals surface area contributed by atoms with Crippen LogP contribution in [-0.4, -0.2) is 10.2 Å². The predicted octanol–water partition coefficient (Wildman–Crippen LogP) is 5.24. The van der Waals surface area contributed by atoms with E-state index in [1.165, 1.54) is 5.56 Å². The van der Waals surface area contributed by atoms with Crippen LogP contribution in [0, 0.1) is 0 Å². The second-order valence-corrected chi connectivity index (χ2v) is 5.52. The van der Waals surface area contributed by atoms with E-state index in [1.807, 2.05) is 30.3 Å². The second kappa shape index (κ2) is 11.4. The van der Waals surface area contributed by atoms with E-state index in [2.05, 4.69) is 0 Å². The van der Waals surface area contributed by atoms with Gasteiger partial charge in [0, 0.05) is 16.6 Å². The van der Waals surface area contributed by atoms with Gasteiger partial charge in [0.25, 0.3) is 0 Å². The van der Waals surface area contributed by atoms with Crippen LogP contribution in [0.25, 0.3) is 0 Å². The molecule has 0 aliphatic rings. The molecule has 0 atom stereocenters. The summed E-state index contributed by atoms with van der Waals surface area (Å²) in [5.74, 6) is 0.490. The SMILES string of the molecule is NCc1ccccc1.Oc1ccc(Cl)cc1.Oc1ccc(Cl)cc1. The van der Waals surface area contributed by atoms with Crippen molar-refractivity contribution in [1.82, 2.24) is 0 Å². The van der Waals surface area contributed by atoms with Crippen molar-refractivity contribution >= 4 is 23.2 Å². The summed E-state index contributed by atoms with van der Waals surface area (Å²) in [7, 11) is 0. The van der Waals surface area contributed by atoms with Crippen molar-refractivity contribution in [3.63, 3.8) is 0 Å². The highest BCUT2D eigenvalue weighted by atomic mass is 35.5. The fourth-order valence-corrected chi connectivity index (χ4v) is 1.75. The van der Waals surface area contributed by atoms with Gasteiger partial charge >= 0.3 is 0 Å². The molecule has 0 unspecified atom stereocenters. The van der Waals surface area contributed by atoms with Gasteiger partial charge in [-0.25, -0.2) is 0 Å². The van der Waals surface area contributed by atoms with E-state index in [0.717, 1.165) is 0 Å². The zero-order valence-corrected chi connectivity index (χ0v) is 14.5. The molecule has 0 aromatic heterocycles. The largest absolute Gasteiger partial charge is 0.508 e. The van der Waals surface area contributed by atoms with E-state index in [-0.39, 0.29) is 11.5 Å². The molecule has 0 aliphatic heterocycles. The lowest BCUT2D eigenvalue weighted by Crippen LogP contribution is -1.94. The van der Waals surface area contributed by atoms with Crippen molar-refractivity contribution in [1.29, 1.82) is 0 Å². The normalized spacial score (nSPS) is 9.12. The molecule has 126 valence electrons. The number of halogens is 2. The number of phenols is 2. The van der Waals surface area contributed by atoms with Gasteiger partial charge in [0.05, 0.1) is 0 Å². The maximum atomic E-state index is 8.70. The van der Waals surface area contributed by atoms with E-state index >= 15 is 0 Å². The molecule has 0 spiro atoms. The molecule has 3 aromatic carbocycles. The molecule has 24 heavy (non-hydrogen) atoms. The standard InChI is InChI=1S/C7H9N.2C6H5ClO/c8-6-7-4-2-1-3-5-7;2*7-5-1-3-6(8)4-2-5/h1-5H,6,8H2;2*1-4,8H. The van der Waals surface area contributed by atoms with Crippen molar-refractivity contribution in [2.75, 3.05) is 0 Å². The number of hydrogen-bond acceptors (Lipinski definition) is 3. The summed E-state index contributed by atoms with van der Waals surface area (Å²) < 4.78 is 0. The summed E-state index contributed by atoms with van der Waals surface area (Å²) in [5, 5.41) is 18.7. The molecular weight excluding hydrogens is 345 g/mol. The molecule has 0 bridgehead atoms. The van der Waals surface area contributed by atoms with E-state index < -0.39 is 0 Å². The Morgan fingerprint density at radius 3 is 1.25 bits per heavy atom. The van der Waals surface area contributed by atoms with E-state index in [9.17, 15) is 0 Å². The van der Waals surface area contributed by atoms with E-state index in [1.54, 1.807) is 48.5 Å². The molecule has 0 saturated heterocycles. The highest BCUT2D eigenvalue weighted by Crippen LogP contribution is 2.13. The van der Waals surface area contributed by atoms with Gasteiger partial charge in [-0.1, -0.05) is 53.5 Å². The number of hydrogen-bond donors (Lipinski definition) is 3. The third-order valence-electron chi connectivity index (χ3n) is 2.73. The Morgan fingerprint density at radius 1 is 0.625 bits per heavy atom. The first-order valence-electron chi connectivity index (χ1n) is 7.14. The van der Waals surface area contributed by atoms with Gasteiger partial charge in [-0.15, -0.1) is 0 Å². The summed E-state index contributed by atoms with van der Waals surface area (Å²) >= 11 is 11.0. The summed E-state index contributed by atoms with van der Waals surface area (Å²) in [5.41, 5.74) is 6.54. The molecule has 4 N–H and O–H groups in total. The topological polar surface area (TPSA) is 66.5 Å². The van der Waals surface area contributed by atoms with Crippen LogP contribution in [0.2, 0.25) is 10.0 Å². The highest BCUT2D eigenvalue weighted by molar-refractivity contribution is 6.30. The number of rotatable bonds is 1. The molecule has 3 nitrogen and oxygen atoms in total. The average molecular weight is 364 g/mol. The molecule has 3 aromatic rings. The van der Waals surface area contributed by atoms with Crippen LogP contribution in [-0.2, 0) is 6.54 Å². The summed E-state index contributed by atoms with van der Waals surface area (Å²) in [6.07, 6.45) is 0. The lowest BCUT2D eigenvalue weighted by Gasteiger charge is -1.90. The van der Waals surface area contributed by atoms with Crippen molar-refractivity contribution < 1.29 is 10.2 Å². The molecule has 0 amide bonds. The molecule has 0 heterocycles. The van der Waals surface area contributed by atoms with Gasteiger partial charge in [0.2, 0.25) is 0 Å². The number of benzene rings is 3. The lowest BCUT2D eigenvalue weighted by atomic mass is 10.2. The zero-order valence-electron chi connectivity index (χ0n) is 12.9. The Labute approximate surface area is 151 Å². The minimum atomic E-state index is 0.245.